The molecule has 1 atom stereocenters. The first kappa shape index (κ1) is 18.7. The van der Waals surface area contributed by atoms with E-state index in [1.165, 1.54) is 6.92 Å². The van der Waals surface area contributed by atoms with Crippen molar-refractivity contribution in [3.8, 4) is 0 Å². The first-order valence-corrected chi connectivity index (χ1v) is 7.52. The van der Waals surface area contributed by atoms with Gasteiger partial charge in [0.05, 0.1) is 5.41 Å². The molecule has 0 saturated carbocycles. The predicted molar refractivity (Wildman–Crippen MR) is 86.8 cm³/mol. The Kier molecular flexibility index (Phi) is 6.30. The third kappa shape index (κ3) is 5.39. The number of imide groups is 1. The van der Waals surface area contributed by atoms with Crippen LogP contribution in [0.5, 0.6) is 0 Å². The van der Waals surface area contributed by atoms with Crippen molar-refractivity contribution in [2.45, 2.75) is 52.2 Å². The van der Waals surface area contributed by atoms with Crippen molar-refractivity contribution in [3.05, 3.63) is 35.9 Å². The SMILES string of the molecule is CC(C)NC(=O)NC(=O)[C@H](C)OC(=O)C(C)(C)c1ccccc1. The average Bonchev–Trinajstić information content (AvgIpc) is 2.46. The Balaban J connectivity index is 2.66. The van der Waals surface area contributed by atoms with E-state index in [9.17, 15) is 14.4 Å². The van der Waals surface area contributed by atoms with Gasteiger partial charge in [0, 0.05) is 6.04 Å². The maximum absolute atomic E-state index is 12.3. The summed E-state index contributed by atoms with van der Waals surface area (Å²) in [5.74, 6) is -1.20. The van der Waals surface area contributed by atoms with Crippen molar-refractivity contribution in [1.29, 1.82) is 0 Å². The van der Waals surface area contributed by atoms with Gasteiger partial charge >= 0.3 is 12.0 Å². The molecule has 0 aliphatic rings. The Morgan fingerprint density at radius 2 is 1.61 bits per heavy atom. The minimum atomic E-state index is -1.07. The smallest absolute Gasteiger partial charge is 0.321 e. The Labute approximate surface area is 136 Å². The Bertz CT molecular complexity index is 567. The highest BCUT2D eigenvalue weighted by Crippen LogP contribution is 2.25. The molecule has 1 rings (SSSR count). The Hall–Kier alpha value is -2.37. The highest BCUT2D eigenvalue weighted by molar-refractivity contribution is 5.97. The number of amides is 3. The monoisotopic (exact) mass is 320 g/mol. The van der Waals surface area contributed by atoms with E-state index in [0.717, 1.165) is 5.56 Å². The normalized spacial score (nSPS) is 12.4. The summed E-state index contributed by atoms with van der Waals surface area (Å²) in [6.07, 6.45) is -1.07. The summed E-state index contributed by atoms with van der Waals surface area (Å²) in [4.78, 5) is 35.7. The standard InChI is InChI=1S/C17H24N2O4/c1-11(2)18-16(22)19-14(20)12(3)23-15(21)17(4,5)13-9-7-6-8-10-13/h6-12H,1-5H3,(H2,18,19,20,22)/t12-/m0/s1. The zero-order chi connectivity index (χ0) is 17.6. The van der Waals surface area contributed by atoms with Crippen LogP contribution in [0.25, 0.3) is 0 Å². The van der Waals surface area contributed by atoms with Gasteiger partial charge in [-0.2, -0.15) is 0 Å². The minimum Gasteiger partial charge on any atom is -0.452 e. The summed E-state index contributed by atoms with van der Waals surface area (Å²) in [5.41, 5.74) is -0.106. The molecule has 1 aromatic carbocycles. The molecule has 6 heteroatoms. The van der Waals surface area contributed by atoms with E-state index in [0.29, 0.717) is 0 Å². The highest BCUT2D eigenvalue weighted by atomic mass is 16.5. The molecular weight excluding hydrogens is 296 g/mol. The zero-order valence-electron chi connectivity index (χ0n) is 14.2. The van der Waals surface area contributed by atoms with E-state index < -0.39 is 29.4 Å². The fourth-order valence-corrected chi connectivity index (χ4v) is 1.85. The number of ether oxygens (including phenoxy) is 1. The van der Waals surface area contributed by atoms with Gasteiger partial charge in [0.2, 0.25) is 0 Å². The number of hydrogen-bond acceptors (Lipinski definition) is 4. The van der Waals surface area contributed by atoms with Crippen molar-refractivity contribution in [2.75, 3.05) is 0 Å². The molecule has 0 unspecified atom stereocenters. The van der Waals surface area contributed by atoms with Crippen LogP contribution in [0.1, 0.15) is 40.2 Å². The molecule has 126 valence electrons. The summed E-state index contributed by atoms with van der Waals surface area (Å²) in [7, 11) is 0. The molecule has 3 amide bonds. The average molecular weight is 320 g/mol. The van der Waals surface area contributed by atoms with Gasteiger partial charge < -0.3 is 10.1 Å². The first-order chi connectivity index (χ1) is 10.6. The lowest BCUT2D eigenvalue weighted by Gasteiger charge is -2.25. The minimum absolute atomic E-state index is 0.0994. The van der Waals surface area contributed by atoms with Crippen molar-refractivity contribution in [3.63, 3.8) is 0 Å². The number of urea groups is 1. The third-order valence-corrected chi connectivity index (χ3v) is 3.32. The zero-order valence-corrected chi connectivity index (χ0v) is 14.2. The molecule has 0 saturated heterocycles. The molecule has 6 nitrogen and oxygen atoms in total. The lowest BCUT2D eigenvalue weighted by Crippen LogP contribution is -2.47. The summed E-state index contributed by atoms with van der Waals surface area (Å²) >= 11 is 0. The molecule has 23 heavy (non-hydrogen) atoms. The van der Waals surface area contributed by atoms with Gasteiger partial charge in [-0.25, -0.2) is 4.79 Å². The number of carbonyl (C=O) groups excluding carboxylic acids is 3. The number of esters is 1. The van der Waals surface area contributed by atoms with Gasteiger partial charge in [-0.05, 0) is 40.2 Å². The largest absolute Gasteiger partial charge is 0.452 e. The van der Waals surface area contributed by atoms with Crippen LogP contribution in [-0.2, 0) is 19.7 Å². The third-order valence-electron chi connectivity index (χ3n) is 3.32. The van der Waals surface area contributed by atoms with Gasteiger partial charge in [0.1, 0.15) is 0 Å². The van der Waals surface area contributed by atoms with E-state index in [1.807, 2.05) is 30.3 Å². The fraction of sp³-hybridized carbons (Fsp3) is 0.471. The molecule has 2 N–H and O–H groups in total. The van der Waals surface area contributed by atoms with Crippen molar-refractivity contribution < 1.29 is 19.1 Å². The fourth-order valence-electron chi connectivity index (χ4n) is 1.85. The van der Waals surface area contributed by atoms with Gasteiger partial charge in [-0.15, -0.1) is 0 Å². The van der Waals surface area contributed by atoms with Crippen molar-refractivity contribution in [2.24, 2.45) is 0 Å². The van der Waals surface area contributed by atoms with E-state index >= 15 is 0 Å². The number of hydrogen-bond donors (Lipinski definition) is 2. The van der Waals surface area contributed by atoms with Crippen LogP contribution in [0.4, 0.5) is 4.79 Å². The number of carbonyl (C=O) groups is 3. The summed E-state index contributed by atoms with van der Waals surface area (Å²) in [6.45, 7) is 8.42. The van der Waals surface area contributed by atoms with E-state index in [4.69, 9.17) is 4.74 Å². The maximum atomic E-state index is 12.3. The molecular formula is C17H24N2O4. The second-order valence-electron chi connectivity index (χ2n) is 6.16. The predicted octanol–water partition coefficient (Wildman–Crippen LogP) is 2.13. The lowest BCUT2D eigenvalue weighted by molar-refractivity contribution is -0.159. The van der Waals surface area contributed by atoms with Crippen LogP contribution in [0.2, 0.25) is 0 Å². The molecule has 0 spiro atoms. The van der Waals surface area contributed by atoms with Gasteiger partial charge in [0.15, 0.2) is 6.10 Å². The number of benzene rings is 1. The topological polar surface area (TPSA) is 84.5 Å². The van der Waals surface area contributed by atoms with E-state index in [-0.39, 0.29) is 6.04 Å². The van der Waals surface area contributed by atoms with Crippen LogP contribution < -0.4 is 10.6 Å². The summed E-state index contributed by atoms with van der Waals surface area (Å²) < 4.78 is 5.21. The second-order valence-corrected chi connectivity index (χ2v) is 6.16. The van der Waals surface area contributed by atoms with Gasteiger partial charge in [0.25, 0.3) is 5.91 Å². The van der Waals surface area contributed by atoms with Crippen molar-refractivity contribution >= 4 is 17.9 Å². The first-order valence-electron chi connectivity index (χ1n) is 7.52. The molecule has 0 heterocycles. The molecule has 0 fully saturated rings. The lowest BCUT2D eigenvalue weighted by atomic mass is 9.85. The second kappa shape index (κ2) is 7.76. The van der Waals surface area contributed by atoms with Crippen molar-refractivity contribution in [1.82, 2.24) is 10.6 Å². The van der Waals surface area contributed by atoms with Gasteiger partial charge in [-0.3, -0.25) is 14.9 Å². The van der Waals surface area contributed by atoms with E-state index in [2.05, 4.69) is 10.6 Å². The molecule has 0 aromatic heterocycles. The molecule has 0 radical (unpaired) electrons. The summed E-state index contributed by atoms with van der Waals surface area (Å²) in [6, 6.07) is 8.44. The highest BCUT2D eigenvalue weighted by Gasteiger charge is 2.34. The maximum Gasteiger partial charge on any atom is 0.321 e. The molecule has 0 aliphatic heterocycles. The van der Waals surface area contributed by atoms with Crippen LogP contribution in [0.3, 0.4) is 0 Å². The van der Waals surface area contributed by atoms with E-state index in [1.54, 1.807) is 27.7 Å². The van der Waals surface area contributed by atoms with Crippen LogP contribution in [0.15, 0.2) is 30.3 Å². The Morgan fingerprint density at radius 3 is 2.13 bits per heavy atom. The Morgan fingerprint density at radius 1 is 1.04 bits per heavy atom. The van der Waals surface area contributed by atoms with Crippen LogP contribution >= 0.6 is 0 Å². The number of rotatable bonds is 5. The molecule has 0 bridgehead atoms. The van der Waals surface area contributed by atoms with Gasteiger partial charge in [-0.1, -0.05) is 30.3 Å². The summed E-state index contributed by atoms with van der Waals surface area (Å²) in [5, 5.41) is 4.67. The molecule has 1 aromatic rings. The van der Waals surface area contributed by atoms with Crippen LogP contribution in [-0.4, -0.2) is 30.1 Å². The quantitative estimate of drug-likeness (QED) is 0.814. The van der Waals surface area contributed by atoms with Crippen LogP contribution in [0, 0.1) is 0 Å². The molecule has 0 aliphatic carbocycles. The number of nitrogens with one attached hydrogen (secondary N) is 2.